The average Bonchev–Trinajstić information content (AvgIpc) is 2.78. The molecule has 9 nitrogen and oxygen atoms in total. The molecule has 0 aromatic rings. The number of carbonyl (C=O) groups is 2. The fourth-order valence-corrected chi connectivity index (χ4v) is 4.85. The van der Waals surface area contributed by atoms with Gasteiger partial charge in [-0.05, 0) is 39.5 Å². The van der Waals surface area contributed by atoms with E-state index < -0.39 is 48.6 Å². The van der Waals surface area contributed by atoms with Gasteiger partial charge >= 0.3 is 11.9 Å². The Bertz CT molecular complexity index is 692. The maximum Gasteiger partial charge on any atom is 0.330 e. The van der Waals surface area contributed by atoms with Crippen molar-refractivity contribution in [2.24, 2.45) is 11.8 Å². The van der Waals surface area contributed by atoms with Gasteiger partial charge in [0.15, 0.2) is 0 Å². The van der Waals surface area contributed by atoms with E-state index in [1.165, 1.54) is 6.08 Å². The predicted molar refractivity (Wildman–Crippen MR) is 129 cm³/mol. The van der Waals surface area contributed by atoms with Crippen LogP contribution in [-0.2, 0) is 23.8 Å². The van der Waals surface area contributed by atoms with Crippen molar-refractivity contribution in [3.05, 3.63) is 11.6 Å². The molecule has 0 spiro atoms. The first-order chi connectivity index (χ1) is 16.6. The molecular weight excluding hydrogens is 456 g/mol. The molecule has 35 heavy (non-hydrogen) atoms. The highest BCUT2D eigenvalue weighted by molar-refractivity contribution is 5.82. The highest BCUT2D eigenvalue weighted by atomic mass is 16.6. The van der Waals surface area contributed by atoms with E-state index in [0.29, 0.717) is 32.5 Å². The second-order valence-electron chi connectivity index (χ2n) is 10.2. The van der Waals surface area contributed by atoms with Crippen LogP contribution >= 0.6 is 0 Å². The lowest BCUT2D eigenvalue weighted by atomic mass is 9.80. The molecule has 0 saturated carbocycles. The molecule has 9 heteroatoms. The summed E-state index contributed by atoms with van der Waals surface area (Å²) in [6, 6.07) is 0. The van der Waals surface area contributed by atoms with Crippen LogP contribution in [-0.4, -0.2) is 82.2 Å². The summed E-state index contributed by atoms with van der Waals surface area (Å²) in [5.74, 6) is -1.57. The van der Waals surface area contributed by atoms with E-state index in [9.17, 15) is 24.9 Å². The third kappa shape index (κ3) is 9.80. The smallest absolute Gasteiger partial charge is 0.330 e. The van der Waals surface area contributed by atoms with Gasteiger partial charge in [-0.3, -0.25) is 4.79 Å². The number of aliphatic hydroxyl groups is 3. The number of unbranched alkanes of at least 4 members (excludes halogenated alkanes) is 5. The lowest BCUT2D eigenvalue weighted by Gasteiger charge is -2.48. The SMILES string of the molecule is CC(=CC(=O)OCCCCCCCCC(=O)O)C[C@@H]1OC[C@@H]2C[C@H](O)[C@@H]([C@@H](C)C(C)O)O[C@H]2[C@H]1O. The summed E-state index contributed by atoms with van der Waals surface area (Å²) in [5.41, 5.74) is 0.737. The van der Waals surface area contributed by atoms with Gasteiger partial charge in [0.25, 0.3) is 0 Å². The van der Waals surface area contributed by atoms with Crippen LogP contribution in [0.3, 0.4) is 0 Å². The summed E-state index contributed by atoms with van der Waals surface area (Å²) in [5, 5.41) is 39.9. The number of hydrogen-bond donors (Lipinski definition) is 4. The molecule has 2 fully saturated rings. The van der Waals surface area contributed by atoms with Crippen molar-refractivity contribution in [1.29, 1.82) is 0 Å². The summed E-state index contributed by atoms with van der Waals surface area (Å²) in [4.78, 5) is 22.6. The van der Waals surface area contributed by atoms with Crippen LogP contribution in [0.4, 0.5) is 0 Å². The average molecular weight is 501 g/mol. The molecule has 0 aliphatic carbocycles. The number of carboxylic acids is 1. The van der Waals surface area contributed by atoms with Crippen molar-refractivity contribution in [2.45, 2.75) is 115 Å². The third-order valence-electron chi connectivity index (χ3n) is 7.14. The van der Waals surface area contributed by atoms with Gasteiger partial charge in [0.05, 0.1) is 43.7 Å². The van der Waals surface area contributed by atoms with Gasteiger partial charge in [0.1, 0.15) is 6.10 Å². The van der Waals surface area contributed by atoms with E-state index in [2.05, 4.69) is 0 Å². The number of carbonyl (C=O) groups excluding carboxylic acids is 1. The topological polar surface area (TPSA) is 143 Å². The first kappa shape index (κ1) is 29.7. The van der Waals surface area contributed by atoms with Crippen LogP contribution in [0, 0.1) is 11.8 Å². The predicted octanol–water partition coefficient (Wildman–Crippen LogP) is 2.59. The molecule has 2 heterocycles. The van der Waals surface area contributed by atoms with Crippen LogP contribution in [0.5, 0.6) is 0 Å². The van der Waals surface area contributed by atoms with Crippen LogP contribution < -0.4 is 0 Å². The Balaban J connectivity index is 1.71. The summed E-state index contributed by atoms with van der Waals surface area (Å²) in [6.07, 6.45) is 3.86. The molecule has 8 atom stereocenters. The molecule has 2 aliphatic heterocycles. The van der Waals surface area contributed by atoms with Gasteiger partial charge in [0.2, 0.25) is 0 Å². The molecular formula is C26H44O9. The van der Waals surface area contributed by atoms with E-state index in [1.807, 2.05) is 6.92 Å². The second kappa shape index (κ2) is 14.9. The molecule has 1 unspecified atom stereocenters. The van der Waals surface area contributed by atoms with Crippen molar-refractivity contribution in [1.82, 2.24) is 0 Å². The summed E-state index contributed by atoms with van der Waals surface area (Å²) in [6.45, 7) is 5.97. The number of aliphatic hydroxyl groups excluding tert-OH is 3. The van der Waals surface area contributed by atoms with Crippen LogP contribution in [0.15, 0.2) is 11.6 Å². The standard InChI is InChI=1S/C26H44O9/c1-16(13-23(31)33-11-9-7-5-4-6-8-10-22(29)30)12-21-24(32)26-19(15-34-21)14-20(28)25(35-26)17(2)18(3)27/h13,17-21,24-28,32H,4-12,14-15H2,1-3H3,(H,29,30)/t17-,18?,19-,20-,21-,24-,25+,26+/m0/s1. The summed E-state index contributed by atoms with van der Waals surface area (Å²) < 4.78 is 17.2. The lowest BCUT2D eigenvalue weighted by Crippen LogP contribution is -2.59. The Kier molecular flexibility index (Phi) is 12.6. The van der Waals surface area contributed by atoms with E-state index in [0.717, 1.165) is 37.7 Å². The monoisotopic (exact) mass is 500 g/mol. The zero-order valence-corrected chi connectivity index (χ0v) is 21.3. The molecule has 0 bridgehead atoms. The number of carboxylic acid groups (broad SMARTS) is 1. The minimum atomic E-state index is -0.903. The van der Waals surface area contributed by atoms with Gasteiger partial charge in [-0.25, -0.2) is 4.79 Å². The first-order valence-electron chi connectivity index (χ1n) is 13.0. The van der Waals surface area contributed by atoms with Crippen molar-refractivity contribution < 1.29 is 44.2 Å². The molecule has 0 aromatic heterocycles. The molecule has 2 saturated heterocycles. The largest absolute Gasteiger partial charge is 0.481 e. The summed E-state index contributed by atoms with van der Waals surface area (Å²) >= 11 is 0. The zero-order valence-electron chi connectivity index (χ0n) is 21.3. The highest BCUT2D eigenvalue weighted by Crippen LogP contribution is 2.37. The van der Waals surface area contributed by atoms with E-state index in [4.69, 9.17) is 19.3 Å². The quantitative estimate of drug-likeness (QED) is 0.161. The van der Waals surface area contributed by atoms with Gasteiger partial charge in [-0.2, -0.15) is 0 Å². The number of hydrogen-bond acceptors (Lipinski definition) is 8. The molecule has 2 rings (SSSR count). The molecule has 0 amide bonds. The third-order valence-corrected chi connectivity index (χ3v) is 7.14. The lowest BCUT2D eigenvalue weighted by molar-refractivity contribution is -0.252. The zero-order chi connectivity index (χ0) is 26.0. The van der Waals surface area contributed by atoms with Crippen molar-refractivity contribution in [2.75, 3.05) is 13.2 Å². The van der Waals surface area contributed by atoms with E-state index in [1.54, 1.807) is 13.8 Å². The number of esters is 1. The van der Waals surface area contributed by atoms with Gasteiger partial charge < -0.3 is 34.6 Å². The Morgan fingerprint density at radius 1 is 1.09 bits per heavy atom. The summed E-state index contributed by atoms with van der Waals surface area (Å²) in [7, 11) is 0. The van der Waals surface area contributed by atoms with Gasteiger partial charge in [-0.15, -0.1) is 0 Å². The van der Waals surface area contributed by atoms with Crippen LogP contribution in [0.25, 0.3) is 0 Å². The molecule has 0 radical (unpaired) electrons. The Hall–Kier alpha value is -1.52. The molecule has 2 aliphatic rings. The molecule has 202 valence electrons. The maximum absolute atomic E-state index is 12.1. The van der Waals surface area contributed by atoms with Crippen molar-refractivity contribution in [3.8, 4) is 0 Å². The normalized spacial score (nSPS) is 30.9. The molecule has 4 N–H and O–H groups in total. The number of rotatable bonds is 14. The second-order valence-corrected chi connectivity index (χ2v) is 10.2. The fraction of sp³-hybridized carbons (Fsp3) is 0.846. The van der Waals surface area contributed by atoms with Gasteiger partial charge in [-0.1, -0.05) is 38.2 Å². The fourth-order valence-electron chi connectivity index (χ4n) is 4.85. The Morgan fingerprint density at radius 3 is 2.40 bits per heavy atom. The van der Waals surface area contributed by atoms with E-state index >= 15 is 0 Å². The van der Waals surface area contributed by atoms with Gasteiger partial charge in [0, 0.05) is 24.3 Å². The minimum Gasteiger partial charge on any atom is -0.481 e. The highest BCUT2D eigenvalue weighted by Gasteiger charge is 2.48. The minimum absolute atomic E-state index is 0.125. The maximum atomic E-state index is 12.1. The van der Waals surface area contributed by atoms with Crippen LogP contribution in [0.1, 0.15) is 78.6 Å². The van der Waals surface area contributed by atoms with E-state index in [-0.39, 0.29) is 18.3 Å². The first-order valence-corrected chi connectivity index (χ1v) is 13.0. The Labute approximate surface area is 208 Å². The van der Waals surface area contributed by atoms with Crippen molar-refractivity contribution in [3.63, 3.8) is 0 Å². The number of ether oxygens (including phenoxy) is 3. The Morgan fingerprint density at radius 2 is 1.74 bits per heavy atom. The number of aliphatic carboxylic acids is 1. The molecule has 0 aromatic carbocycles. The van der Waals surface area contributed by atoms with Crippen molar-refractivity contribution >= 4 is 11.9 Å². The number of fused-ring (bicyclic) bond motifs is 1. The van der Waals surface area contributed by atoms with Crippen LogP contribution in [0.2, 0.25) is 0 Å².